The highest BCUT2D eigenvalue weighted by atomic mass is 79.9. The zero-order valence-electron chi connectivity index (χ0n) is 6.65. The molecule has 0 aliphatic heterocycles. The number of pyridine rings is 1. The fourth-order valence-corrected chi connectivity index (χ4v) is 1.03. The SMILES string of the molecule is COc1nc(Br)ccc1C(=O)O.Cl. The van der Waals surface area contributed by atoms with Crippen molar-refractivity contribution in [1.82, 2.24) is 4.98 Å². The van der Waals surface area contributed by atoms with Gasteiger partial charge in [0, 0.05) is 0 Å². The van der Waals surface area contributed by atoms with Gasteiger partial charge in [-0.15, -0.1) is 12.4 Å². The van der Waals surface area contributed by atoms with E-state index >= 15 is 0 Å². The Balaban J connectivity index is 0.00000144. The summed E-state index contributed by atoms with van der Waals surface area (Å²) in [7, 11) is 1.38. The predicted molar refractivity (Wildman–Crippen MR) is 52.7 cm³/mol. The van der Waals surface area contributed by atoms with Crippen molar-refractivity contribution < 1.29 is 14.6 Å². The van der Waals surface area contributed by atoms with Crippen LogP contribution in [0.3, 0.4) is 0 Å². The molecule has 0 unspecified atom stereocenters. The number of nitrogens with zero attached hydrogens (tertiary/aromatic N) is 1. The first-order chi connectivity index (χ1) is 5.65. The van der Waals surface area contributed by atoms with E-state index in [0.29, 0.717) is 4.60 Å². The summed E-state index contributed by atoms with van der Waals surface area (Å²) in [6.45, 7) is 0. The van der Waals surface area contributed by atoms with Crippen molar-refractivity contribution in [3.8, 4) is 5.88 Å². The van der Waals surface area contributed by atoms with Gasteiger partial charge >= 0.3 is 5.97 Å². The molecular weight excluding hydrogens is 261 g/mol. The summed E-state index contributed by atoms with van der Waals surface area (Å²) in [5.41, 5.74) is 0.0562. The molecule has 1 heterocycles. The molecule has 1 aromatic heterocycles. The smallest absolute Gasteiger partial charge is 0.341 e. The number of rotatable bonds is 2. The lowest BCUT2D eigenvalue weighted by Crippen LogP contribution is -2.02. The van der Waals surface area contributed by atoms with Gasteiger partial charge in [0.25, 0.3) is 0 Å². The fraction of sp³-hybridized carbons (Fsp3) is 0.143. The second-order valence-corrected chi connectivity index (χ2v) is 2.81. The van der Waals surface area contributed by atoms with Gasteiger partial charge in [-0.3, -0.25) is 0 Å². The monoisotopic (exact) mass is 267 g/mol. The van der Waals surface area contributed by atoms with E-state index in [1.807, 2.05) is 0 Å². The maximum absolute atomic E-state index is 10.6. The molecule has 0 bridgehead atoms. The summed E-state index contributed by atoms with van der Waals surface area (Å²) >= 11 is 3.10. The number of carboxylic acid groups (broad SMARTS) is 1. The van der Waals surface area contributed by atoms with Gasteiger partial charge in [0.1, 0.15) is 10.2 Å². The lowest BCUT2D eigenvalue weighted by molar-refractivity contribution is 0.0692. The molecule has 0 aliphatic rings. The Morgan fingerprint density at radius 2 is 2.23 bits per heavy atom. The molecule has 0 aromatic carbocycles. The number of hydrogen-bond acceptors (Lipinski definition) is 3. The van der Waals surface area contributed by atoms with E-state index in [1.165, 1.54) is 13.2 Å². The van der Waals surface area contributed by atoms with E-state index in [1.54, 1.807) is 6.07 Å². The molecule has 1 aromatic rings. The largest absolute Gasteiger partial charge is 0.480 e. The number of aromatic carboxylic acids is 1. The Morgan fingerprint density at radius 3 is 2.69 bits per heavy atom. The molecule has 1 rings (SSSR count). The van der Waals surface area contributed by atoms with Gasteiger partial charge in [-0.05, 0) is 28.1 Å². The topological polar surface area (TPSA) is 59.4 Å². The van der Waals surface area contributed by atoms with E-state index in [0.717, 1.165) is 0 Å². The van der Waals surface area contributed by atoms with Crippen LogP contribution in [0.4, 0.5) is 0 Å². The Morgan fingerprint density at radius 1 is 1.62 bits per heavy atom. The molecule has 0 radical (unpaired) electrons. The van der Waals surface area contributed by atoms with Crippen LogP contribution in [0.5, 0.6) is 5.88 Å². The minimum atomic E-state index is -1.05. The number of methoxy groups -OCH3 is 1. The van der Waals surface area contributed by atoms with Crippen LogP contribution >= 0.6 is 28.3 Å². The van der Waals surface area contributed by atoms with Gasteiger partial charge in [-0.1, -0.05) is 0 Å². The van der Waals surface area contributed by atoms with Gasteiger partial charge in [0.2, 0.25) is 5.88 Å². The van der Waals surface area contributed by atoms with Gasteiger partial charge in [0.05, 0.1) is 7.11 Å². The third-order valence-electron chi connectivity index (χ3n) is 1.25. The third-order valence-corrected chi connectivity index (χ3v) is 1.69. The molecule has 0 saturated heterocycles. The quantitative estimate of drug-likeness (QED) is 0.833. The molecule has 0 aliphatic carbocycles. The molecule has 72 valence electrons. The van der Waals surface area contributed by atoms with Crippen molar-refractivity contribution in [2.75, 3.05) is 7.11 Å². The van der Waals surface area contributed by atoms with Gasteiger partial charge in [-0.2, -0.15) is 0 Å². The van der Waals surface area contributed by atoms with Crippen molar-refractivity contribution in [1.29, 1.82) is 0 Å². The Hall–Kier alpha value is -0.810. The highest BCUT2D eigenvalue weighted by molar-refractivity contribution is 9.10. The summed E-state index contributed by atoms with van der Waals surface area (Å²) in [6.07, 6.45) is 0. The average molecular weight is 268 g/mol. The second kappa shape index (κ2) is 5.04. The first kappa shape index (κ1) is 12.2. The number of aromatic nitrogens is 1. The molecule has 0 fully saturated rings. The van der Waals surface area contributed by atoms with Crippen LogP contribution in [-0.2, 0) is 0 Å². The number of hydrogen-bond donors (Lipinski definition) is 1. The first-order valence-corrected chi connectivity index (χ1v) is 3.88. The standard InChI is InChI=1S/C7H6BrNO3.ClH/c1-12-6-4(7(10)11)2-3-5(8)9-6;/h2-3H,1H3,(H,10,11);1H. The lowest BCUT2D eigenvalue weighted by atomic mass is 10.3. The van der Waals surface area contributed by atoms with Gasteiger partial charge in [0.15, 0.2) is 0 Å². The summed E-state index contributed by atoms with van der Waals surface area (Å²) in [5, 5.41) is 8.65. The minimum absolute atomic E-state index is 0. The molecular formula is C7H7BrClNO3. The third kappa shape index (κ3) is 2.86. The molecule has 13 heavy (non-hydrogen) atoms. The molecule has 4 nitrogen and oxygen atoms in total. The zero-order valence-corrected chi connectivity index (χ0v) is 9.05. The van der Waals surface area contributed by atoms with Crippen LogP contribution in [0.2, 0.25) is 0 Å². The van der Waals surface area contributed by atoms with Crippen LogP contribution in [-0.4, -0.2) is 23.2 Å². The van der Waals surface area contributed by atoms with Crippen molar-refractivity contribution in [2.24, 2.45) is 0 Å². The van der Waals surface area contributed by atoms with E-state index in [9.17, 15) is 4.79 Å². The van der Waals surface area contributed by atoms with Crippen molar-refractivity contribution in [2.45, 2.75) is 0 Å². The lowest BCUT2D eigenvalue weighted by Gasteiger charge is -2.02. The number of carbonyl (C=O) groups is 1. The van der Waals surface area contributed by atoms with Crippen LogP contribution in [0.1, 0.15) is 10.4 Å². The maximum atomic E-state index is 10.6. The van der Waals surface area contributed by atoms with Gasteiger partial charge in [-0.25, -0.2) is 9.78 Å². The Labute approximate surface area is 89.5 Å². The molecule has 0 spiro atoms. The highest BCUT2D eigenvalue weighted by Gasteiger charge is 2.11. The van der Waals surface area contributed by atoms with Crippen molar-refractivity contribution in [3.05, 3.63) is 22.3 Å². The highest BCUT2D eigenvalue weighted by Crippen LogP contribution is 2.18. The van der Waals surface area contributed by atoms with E-state index in [2.05, 4.69) is 20.9 Å². The predicted octanol–water partition coefficient (Wildman–Crippen LogP) is 1.97. The zero-order chi connectivity index (χ0) is 9.14. The number of halogens is 2. The van der Waals surface area contributed by atoms with E-state index in [4.69, 9.17) is 9.84 Å². The van der Waals surface area contributed by atoms with Crippen LogP contribution in [0.15, 0.2) is 16.7 Å². The van der Waals surface area contributed by atoms with Crippen LogP contribution in [0, 0.1) is 0 Å². The number of carboxylic acids is 1. The average Bonchev–Trinajstić information content (AvgIpc) is 2.03. The van der Waals surface area contributed by atoms with Crippen molar-refractivity contribution >= 4 is 34.3 Å². The van der Waals surface area contributed by atoms with E-state index < -0.39 is 5.97 Å². The maximum Gasteiger partial charge on any atom is 0.341 e. The summed E-state index contributed by atoms with van der Waals surface area (Å²) in [4.78, 5) is 14.4. The number of ether oxygens (including phenoxy) is 1. The van der Waals surface area contributed by atoms with Crippen molar-refractivity contribution in [3.63, 3.8) is 0 Å². The molecule has 0 atom stereocenters. The van der Waals surface area contributed by atoms with Crippen LogP contribution in [0.25, 0.3) is 0 Å². The first-order valence-electron chi connectivity index (χ1n) is 3.09. The Bertz CT molecular complexity index is 319. The fourth-order valence-electron chi connectivity index (χ4n) is 0.736. The van der Waals surface area contributed by atoms with Crippen LogP contribution < -0.4 is 4.74 Å². The molecule has 1 N–H and O–H groups in total. The van der Waals surface area contributed by atoms with E-state index in [-0.39, 0.29) is 23.9 Å². The van der Waals surface area contributed by atoms with Gasteiger partial charge < -0.3 is 9.84 Å². The Kier molecular flexibility index (Phi) is 4.72. The normalized spacial score (nSPS) is 8.77. The molecule has 0 amide bonds. The second-order valence-electron chi connectivity index (χ2n) is 2.00. The molecule has 0 saturated carbocycles. The summed E-state index contributed by atoms with van der Waals surface area (Å²) in [5.74, 6) is -0.941. The molecule has 6 heteroatoms. The minimum Gasteiger partial charge on any atom is -0.480 e. The summed E-state index contributed by atoms with van der Waals surface area (Å²) < 4.78 is 5.31. The summed E-state index contributed by atoms with van der Waals surface area (Å²) in [6, 6.07) is 2.98.